The van der Waals surface area contributed by atoms with Crippen molar-refractivity contribution in [1.29, 1.82) is 0 Å². The maximum Gasteiger partial charge on any atom is 0.247 e. The van der Waals surface area contributed by atoms with Crippen LogP contribution in [0.1, 0.15) is 18.2 Å². The highest BCUT2D eigenvalue weighted by Crippen LogP contribution is 2.34. The zero-order chi connectivity index (χ0) is 19.1. The van der Waals surface area contributed by atoms with Gasteiger partial charge in [-0.15, -0.1) is 0 Å². The van der Waals surface area contributed by atoms with Crippen LogP contribution in [0.4, 0.5) is 4.39 Å². The van der Waals surface area contributed by atoms with E-state index >= 15 is 0 Å². The highest BCUT2D eigenvalue weighted by atomic mass is 19.1. The van der Waals surface area contributed by atoms with Crippen LogP contribution < -0.4 is 15.2 Å². The van der Waals surface area contributed by atoms with E-state index in [9.17, 15) is 4.39 Å². The van der Waals surface area contributed by atoms with Gasteiger partial charge in [-0.3, -0.25) is 0 Å². The van der Waals surface area contributed by atoms with Gasteiger partial charge in [0.1, 0.15) is 29.8 Å². The number of aromatic nitrogens is 5. The van der Waals surface area contributed by atoms with E-state index in [2.05, 4.69) is 20.1 Å². The van der Waals surface area contributed by atoms with Crippen LogP contribution in [0.25, 0.3) is 16.6 Å². The van der Waals surface area contributed by atoms with Gasteiger partial charge in [-0.2, -0.15) is 10.1 Å². The van der Waals surface area contributed by atoms with Crippen LogP contribution in [0.2, 0.25) is 0 Å². The highest BCUT2D eigenvalue weighted by molar-refractivity contribution is 5.79. The summed E-state index contributed by atoms with van der Waals surface area (Å²) in [7, 11) is 0. The number of pyridine rings is 1. The fraction of sp³-hybridized carbons (Fsp3) is 0.278. The molecule has 3 N–H and O–H groups in total. The van der Waals surface area contributed by atoms with E-state index < -0.39 is 5.82 Å². The molecule has 0 aliphatic heterocycles. The zero-order valence-corrected chi connectivity index (χ0v) is 15.2. The minimum atomic E-state index is -0.501. The average Bonchev–Trinajstić information content (AvgIpc) is 3.16. The van der Waals surface area contributed by atoms with E-state index in [0.717, 1.165) is 11.3 Å². The average molecular weight is 370 g/mol. The van der Waals surface area contributed by atoms with Crippen molar-refractivity contribution in [3.05, 3.63) is 41.9 Å². The highest BCUT2D eigenvalue weighted by Gasteiger charge is 2.18. The van der Waals surface area contributed by atoms with Crippen molar-refractivity contribution in [2.24, 2.45) is 5.73 Å². The number of fused-ring (bicyclic) bond motifs is 2. The molecule has 0 unspecified atom stereocenters. The van der Waals surface area contributed by atoms with Crippen LogP contribution in [0, 0.1) is 19.7 Å². The molecule has 0 fully saturated rings. The molecule has 1 atom stereocenters. The van der Waals surface area contributed by atoms with Crippen molar-refractivity contribution in [2.45, 2.75) is 26.8 Å². The van der Waals surface area contributed by atoms with Gasteiger partial charge in [0.2, 0.25) is 5.88 Å². The lowest BCUT2D eigenvalue weighted by atomic mass is 10.3. The summed E-state index contributed by atoms with van der Waals surface area (Å²) in [5.74, 6) is 0.318. The molecule has 8 nitrogen and oxygen atoms in total. The lowest BCUT2D eigenvalue weighted by molar-refractivity contribution is 0.294. The van der Waals surface area contributed by atoms with Gasteiger partial charge in [-0.25, -0.2) is 13.9 Å². The van der Waals surface area contributed by atoms with Crippen molar-refractivity contribution in [1.82, 2.24) is 24.6 Å². The summed E-state index contributed by atoms with van der Waals surface area (Å²) in [6, 6.07) is 1.58. The Labute approximate surface area is 154 Å². The summed E-state index contributed by atoms with van der Waals surface area (Å²) in [4.78, 5) is 11.4. The minimum absolute atomic E-state index is 0.0132. The first-order valence-electron chi connectivity index (χ1n) is 8.47. The molecule has 4 aromatic heterocycles. The number of hydrogen-bond acceptors (Lipinski definition) is 6. The molecule has 0 aromatic carbocycles. The van der Waals surface area contributed by atoms with Crippen LogP contribution >= 0.6 is 0 Å². The second kappa shape index (κ2) is 6.51. The Bertz CT molecular complexity index is 1130. The number of hydrogen-bond donors (Lipinski definition) is 2. The number of aryl methyl sites for hydroxylation is 2. The van der Waals surface area contributed by atoms with Crippen molar-refractivity contribution < 1.29 is 13.9 Å². The molecule has 0 bridgehead atoms. The monoisotopic (exact) mass is 370 g/mol. The van der Waals surface area contributed by atoms with Crippen LogP contribution in [0.5, 0.6) is 17.4 Å². The van der Waals surface area contributed by atoms with Crippen molar-refractivity contribution in [3.8, 4) is 17.4 Å². The second-order valence-electron chi connectivity index (χ2n) is 6.52. The van der Waals surface area contributed by atoms with Gasteiger partial charge in [-0.05, 0) is 26.8 Å². The zero-order valence-electron chi connectivity index (χ0n) is 15.2. The second-order valence-corrected chi connectivity index (χ2v) is 6.52. The molecule has 4 aromatic rings. The summed E-state index contributed by atoms with van der Waals surface area (Å²) in [5.41, 5.74) is 8.39. The van der Waals surface area contributed by atoms with Gasteiger partial charge < -0.3 is 20.2 Å². The van der Waals surface area contributed by atoms with Crippen molar-refractivity contribution in [2.75, 3.05) is 6.61 Å². The molecular formula is C18H19FN6O2. The quantitative estimate of drug-likeness (QED) is 0.560. The number of H-pyrrole nitrogens is 1. The fourth-order valence-electron chi connectivity index (χ4n) is 2.88. The van der Waals surface area contributed by atoms with Crippen LogP contribution in [0.3, 0.4) is 0 Å². The third-order valence-corrected chi connectivity index (χ3v) is 4.15. The van der Waals surface area contributed by atoms with Gasteiger partial charge in [0, 0.05) is 17.3 Å². The van der Waals surface area contributed by atoms with Gasteiger partial charge in [-0.1, -0.05) is 0 Å². The number of aromatic amines is 1. The van der Waals surface area contributed by atoms with E-state index in [1.54, 1.807) is 16.8 Å². The molecule has 27 heavy (non-hydrogen) atoms. The van der Waals surface area contributed by atoms with E-state index in [1.165, 1.54) is 12.5 Å². The van der Waals surface area contributed by atoms with Gasteiger partial charge in [0.15, 0.2) is 11.6 Å². The lowest BCUT2D eigenvalue weighted by Gasteiger charge is -2.08. The largest absolute Gasteiger partial charge is 0.490 e. The number of nitrogens with two attached hydrogens (primary N) is 1. The lowest BCUT2D eigenvalue weighted by Crippen LogP contribution is -2.23. The predicted octanol–water partition coefficient (Wildman–Crippen LogP) is 2.88. The van der Waals surface area contributed by atoms with Gasteiger partial charge >= 0.3 is 0 Å². The number of ether oxygens (including phenoxy) is 2. The number of halogens is 1. The first-order valence-corrected chi connectivity index (χ1v) is 8.47. The van der Waals surface area contributed by atoms with E-state index in [-0.39, 0.29) is 17.7 Å². The summed E-state index contributed by atoms with van der Waals surface area (Å²) < 4.78 is 27.9. The molecule has 4 heterocycles. The summed E-state index contributed by atoms with van der Waals surface area (Å²) in [5, 5.41) is 4.53. The first kappa shape index (κ1) is 17.2. The molecule has 0 spiro atoms. The molecule has 0 amide bonds. The third kappa shape index (κ3) is 3.06. The molecule has 0 saturated carbocycles. The van der Waals surface area contributed by atoms with Gasteiger partial charge in [0.05, 0.1) is 17.8 Å². The van der Waals surface area contributed by atoms with E-state index in [1.807, 2.05) is 20.8 Å². The maximum absolute atomic E-state index is 14.8. The fourth-order valence-corrected chi connectivity index (χ4v) is 2.88. The molecule has 0 aliphatic rings. The van der Waals surface area contributed by atoms with Crippen LogP contribution in [0.15, 0.2) is 24.8 Å². The molecule has 9 heteroatoms. The Morgan fingerprint density at radius 2 is 2.11 bits per heavy atom. The predicted molar refractivity (Wildman–Crippen MR) is 97.7 cm³/mol. The number of nitrogens with one attached hydrogen (secondary N) is 1. The Kier molecular flexibility index (Phi) is 4.15. The topological polar surface area (TPSA) is 103 Å². The molecule has 4 rings (SSSR count). The molecule has 0 aliphatic carbocycles. The van der Waals surface area contributed by atoms with Crippen LogP contribution in [-0.2, 0) is 0 Å². The first-order chi connectivity index (χ1) is 12.9. The molecular weight excluding hydrogens is 351 g/mol. The van der Waals surface area contributed by atoms with Gasteiger partial charge in [0.25, 0.3) is 0 Å². The van der Waals surface area contributed by atoms with Crippen LogP contribution in [-0.4, -0.2) is 37.2 Å². The number of nitrogens with zero attached hydrogens (tertiary/aromatic N) is 4. The standard InChI is InChI=1S/C18H19FN6O2/c1-9(20)7-26-14-6-25-16(11(14)3)18(22-8-23-25)27-13-5-21-17-12(15(13)19)4-10(2)24-17/h4-6,8-9H,7,20H2,1-3H3,(H,21,24)/t9-/m1/s1. The smallest absolute Gasteiger partial charge is 0.247 e. The maximum atomic E-state index is 14.8. The van der Waals surface area contributed by atoms with E-state index in [0.29, 0.717) is 28.9 Å². The Hall–Kier alpha value is -3.20. The van der Waals surface area contributed by atoms with Crippen molar-refractivity contribution in [3.63, 3.8) is 0 Å². The minimum Gasteiger partial charge on any atom is -0.490 e. The van der Waals surface area contributed by atoms with E-state index in [4.69, 9.17) is 15.2 Å². The van der Waals surface area contributed by atoms with Crippen molar-refractivity contribution >= 4 is 16.6 Å². The third-order valence-electron chi connectivity index (χ3n) is 4.15. The molecule has 0 saturated heterocycles. The molecule has 140 valence electrons. The summed E-state index contributed by atoms with van der Waals surface area (Å²) >= 11 is 0. The Balaban J connectivity index is 1.75. The molecule has 0 radical (unpaired) electrons. The Morgan fingerprint density at radius 3 is 2.89 bits per heavy atom. The number of rotatable bonds is 5. The SMILES string of the molecule is Cc1cc2c(F)c(Oc3ncnn4cc(OC[C@@H](C)N)c(C)c34)cnc2[nH]1. The normalized spacial score (nSPS) is 12.6. The Morgan fingerprint density at radius 1 is 1.30 bits per heavy atom. The summed E-state index contributed by atoms with van der Waals surface area (Å²) in [6.07, 6.45) is 4.38. The summed E-state index contributed by atoms with van der Waals surface area (Å²) in [6.45, 7) is 5.91.